The second-order valence-corrected chi connectivity index (χ2v) is 5.02. The molecule has 0 aromatic carbocycles. The minimum atomic E-state index is -0.807. The maximum atomic E-state index is 11.2. The van der Waals surface area contributed by atoms with Gasteiger partial charge >= 0.3 is 12.1 Å². The molecule has 0 bridgehead atoms. The molecular weight excluding hydrogens is 252 g/mol. The molecule has 2 amide bonds. The number of nitrogens with one attached hydrogen (secondary N) is 2. The van der Waals surface area contributed by atoms with Crippen LogP contribution in [0.2, 0.25) is 0 Å². The summed E-state index contributed by atoms with van der Waals surface area (Å²) in [5.74, 6) is -1.27. The number of alkyl carbamates (subject to hydrolysis) is 1. The van der Waals surface area contributed by atoms with Gasteiger partial charge in [-0.2, -0.15) is 0 Å². The third kappa shape index (κ3) is 10.0. The Kier molecular flexibility index (Phi) is 7.74. The Morgan fingerprint density at radius 2 is 1.84 bits per heavy atom. The smallest absolute Gasteiger partial charge is 0.413 e. The summed E-state index contributed by atoms with van der Waals surface area (Å²) < 4.78 is 4.28. The van der Waals surface area contributed by atoms with Crippen molar-refractivity contribution in [3.8, 4) is 0 Å². The van der Waals surface area contributed by atoms with E-state index in [1.807, 2.05) is 19.2 Å². The predicted molar refractivity (Wildman–Crippen MR) is 68.7 cm³/mol. The van der Waals surface area contributed by atoms with Gasteiger partial charge in [-0.1, -0.05) is 13.8 Å². The maximum absolute atomic E-state index is 11.2. The molecule has 0 aliphatic heterocycles. The van der Waals surface area contributed by atoms with Gasteiger partial charge in [-0.05, 0) is 24.8 Å². The molecule has 0 aliphatic rings. The minimum Gasteiger partial charge on any atom is -0.481 e. The molecule has 0 aromatic rings. The van der Waals surface area contributed by atoms with Crippen LogP contribution in [0.1, 0.15) is 33.1 Å². The highest BCUT2D eigenvalue weighted by Crippen LogP contribution is 2.25. The zero-order chi connectivity index (χ0) is 14.9. The van der Waals surface area contributed by atoms with Gasteiger partial charge in [0.05, 0.1) is 13.7 Å². The lowest BCUT2D eigenvalue weighted by Gasteiger charge is -2.23. The predicted octanol–water partition coefficient (Wildman–Crippen LogP) is 0.740. The van der Waals surface area contributed by atoms with Crippen LogP contribution < -0.4 is 10.6 Å². The molecule has 0 fully saturated rings. The molecule has 0 radical (unpaired) electrons. The van der Waals surface area contributed by atoms with Gasteiger partial charge in [-0.25, -0.2) is 4.79 Å². The van der Waals surface area contributed by atoms with Gasteiger partial charge < -0.3 is 15.2 Å². The van der Waals surface area contributed by atoms with Crippen LogP contribution in [0.15, 0.2) is 0 Å². The molecular formula is C12H22N2O5. The van der Waals surface area contributed by atoms with Gasteiger partial charge in [-0.15, -0.1) is 0 Å². The number of amides is 2. The van der Waals surface area contributed by atoms with E-state index >= 15 is 0 Å². The number of imide groups is 1. The molecule has 0 spiro atoms. The largest absolute Gasteiger partial charge is 0.481 e. The highest BCUT2D eigenvalue weighted by Gasteiger charge is 2.18. The summed E-state index contributed by atoms with van der Waals surface area (Å²) in [6.45, 7) is 4.55. The first-order valence-electron chi connectivity index (χ1n) is 6.07. The molecule has 3 N–H and O–H groups in total. The maximum Gasteiger partial charge on any atom is 0.413 e. The Bertz CT molecular complexity index is 328. The van der Waals surface area contributed by atoms with Crippen LogP contribution in [0.5, 0.6) is 0 Å². The van der Waals surface area contributed by atoms with Gasteiger partial charge in [0.2, 0.25) is 5.91 Å². The van der Waals surface area contributed by atoms with Crippen LogP contribution in [-0.4, -0.2) is 43.3 Å². The number of carbonyl (C=O) groups excluding carboxylic acids is 2. The van der Waals surface area contributed by atoms with Crippen molar-refractivity contribution in [3.63, 3.8) is 0 Å². The fraction of sp³-hybridized carbons (Fsp3) is 0.750. The van der Waals surface area contributed by atoms with Crippen molar-refractivity contribution in [1.29, 1.82) is 0 Å². The quantitative estimate of drug-likeness (QED) is 0.564. The summed E-state index contributed by atoms with van der Waals surface area (Å²) in [6, 6.07) is 0. The van der Waals surface area contributed by atoms with Crippen LogP contribution in [-0.2, 0) is 14.3 Å². The van der Waals surface area contributed by atoms with Crippen molar-refractivity contribution in [2.45, 2.75) is 33.1 Å². The van der Waals surface area contributed by atoms with E-state index in [9.17, 15) is 14.4 Å². The molecule has 19 heavy (non-hydrogen) atoms. The van der Waals surface area contributed by atoms with E-state index < -0.39 is 18.0 Å². The molecule has 0 saturated heterocycles. The van der Waals surface area contributed by atoms with Crippen molar-refractivity contribution >= 4 is 18.0 Å². The monoisotopic (exact) mass is 274 g/mol. The number of rotatable bonds is 8. The first-order valence-corrected chi connectivity index (χ1v) is 6.07. The molecule has 0 saturated carbocycles. The van der Waals surface area contributed by atoms with Crippen molar-refractivity contribution < 1.29 is 24.2 Å². The second kappa shape index (κ2) is 8.47. The lowest BCUT2D eigenvalue weighted by Crippen LogP contribution is -2.38. The molecule has 7 heteroatoms. The fourth-order valence-electron chi connectivity index (χ4n) is 1.41. The zero-order valence-electron chi connectivity index (χ0n) is 11.6. The molecule has 0 aromatic heterocycles. The molecule has 110 valence electrons. The molecule has 0 aliphatic carbocycles. The Labute approximate surface area is 112 Å². The Morgan fingerprint density at radius 3 is 2.37 bits per heavy atom. The summed E-state index contributed by atoms with van der Waals surface area (Å²) in [5.41, 5.74) is -0.107. The summed E-state index contributed by atoms with van der Waals surface area (Å²) in [7, 11) is 1.18. The van der Waals surface area contributed by atoms with Crippen LogP contribution in [0.4, 0.5) is 4.79 Å². The van der Waals surface area contributed by atoms with Gasteiger partial charge in [0.25, 0.3) is 0 Å². The van der Waals surface area contributed by atoms with Gasteiger partial charge in [-0.3, -0.25) is 14.9 Å². The van der Waals surface area contributed by atoms with Crippen molar-refractivity contribution in [2.24, 2.45) is 5.41 Å². The topological polar surface area (TPSA) is 105 Å². The van der Waals surface area contributed by atoms with E-state index in [1.54, 1.807) is 0 Å². The first kappa shape index (κ1) is 17.4. The van der Waals surface area contributed by atoms with Crippen LogP contribution >= 0.6 is 0 Å². The Balaban J connectivity index is 3.75. The van der Waals surface area contributed by atoms with Gasteiger partial charge in [0.15, 0.2) is 0 Å². The standard InChI is InChI=1S/C12H22N2O5/c1-12(2,5-4-10(16)17)6-7-13-8-9(15)14-11(18)19-3/h13H,4-8H2,1-3H3,(H,16,17)(H,14,15,18). The van der Waals surface area contributed by atoms with Crippen LogP contribution in [0.25, 0.3) is 0 Å². The van der Waals surface area contributed by atoms with E-state index in [1.165, 1.54) is 7.11 Å². The van der Waals surface area contributed by atoms with Crippen LogP contribution in [0, 0.1) is 5.41 Å². The second-order valence-electron chi connectivity index (χ2n) is 5.02. The summed E-state index contributed by atoms with van der Waals surface area (Å²) in [6.07, 6.45) is 0.675. The first-order chi connectivity index (χ1) is 8.76. The molecule has 7 nitrogen and oxygen atoms in total. The third-order valence-electron chi connectivity index (χ3n) is 2.71. The molecule has 0 rings (SSSR count). The fourth-order valence-corrected chi connectivity index (χ4v) is 1.41. The summed E-state index contributed by atoms with van der Waals surface area (Å²) >= 11 is 0. The van der Waals surface area contributed by atoms with Crippen LogP contribution in [0.3, 0.4) is 0 Å². The lowest BCUT2D eigenvalue weighted by atomic mass is 9.84. The Hall–Kier alpha value is -1.63. The van der Waals surface area contributed by atoms with Crippen molar-refractivity contribution in [3.05, 3.63) is 0 Å². The zero-order valence-corrected chi connectivity index (χ0v) is 11.6. The number of hydrogen-bond acceptors (Lipinski definition) is 5. The molecule has 0 unspecified atom stereocenters. The minimum absolute atomic E-state index is 0.0180. The number of carboxylic acid groups (broad SMARTS) is 1. The Morgan fingerprint density at radius 1 is 1.21 bits per heavy atom. The summed E-state index contributed by atoms with van der Waals surface area (Å²) in [5, 5.41) is 13.5. The normalized spacial score (nSPS) is 10.9. The van der Waals surface area contributed by atoms with Gasteiger partial charge in [0.1, 0.15) is 0 Å². The van der Waals surface area contributed by atoms with Crippen molar-refractivity contribution in [2.75, 3.05) is 20.2 Å². The number of ether oxygens (including phenoxy) is 1. The average molecular weight is 274 g/mol. The molecule has 0 heterocycles. The highest BCUT2D eigenvalue weighted by atomic mass is 16.5. The number of methoxy groups -OCH3 is 1. The highest BCUT2D eigenvalue weighted by molar-refractivity contribution is 5.92. The molecule has 0 atom stereocenters. The SMILES string of the molecule is COC(=O)NC(=O)CNCCC(C)(C)CCC(=O)O. The van der Waals surface area contributed by atoms with Crippen molar-refractivity contribution in [1.82, 2.24) is 10.6 Å². The van der Waals surface area contributed by atoms with E-state index in [2.05, 4.69) is 10.1 Å². The van der Waals surface area contributed by atoms with Gasteiger partial charge in [0, 0.05) is 6.42 Å². The number of carboxylic acids is 1. The average Bonchev–Trinajstić information content (AvgIpc) is 2.32. The number of aliphatic carboxylic acids is 1. The summed E-state index contributed by atoms with van der Waals surface area (Å²) in [4.78, 5) is 32.4. The third-order valence-corrected chi connectivity index (χ3v) is 2.71. The lowest BCUT2D eigenvalue weighted by molar-refractivity contribution is -0.137. The van der Waals surface area contributed by atoms with E-state index in [0.29, 0.717) is 13.0 Å². The number of hydrogen-bond donors (Lipinski definition) is 3. The number of carbonyl (C=O) groups is 3. The van der Waals surface area contributed by atoms with E-state index in [4.69, 9.17) is 5.11 Å². The van der Waals surface area contributed by atoms with E-state index in [0.717, 1.165) is 6.42 Å². The van der Waals surface area contributed by atoms with E-state index in [-0.39, 0.29) is 18.4 Å².